The Bertz CT molecular complexity index is 380. The molecule has 0 saturated heterocycles. The molecule has 0 bridgehead atoms. The number of hydrogen-bond acceptors (Lipinski definition) is 4. The Hall–Kier alpha value is -1.88. The molecular weight excluding hydrogens is 166 g/mol. The molecule has 2 aromatic heterocycles. The van der Waals surface area contributed by atoms with Crippen LogP contribution in [0.4, 0.5) is 5.95 Å². The highest BCUT2D eigenvalue weighted by Gasteiger charge is 2.00. The van der Waals surface area contributed by atoms with E-state index in [1.807, 2.05) is 12.1 Å². The van der Waals surface area contributed by atoms with Crippen LogP contribution < -0.4 is 11.3 Å². The van der Waals surface area contributed by atoms with Crippen molar-refractivity contribution in [3.05, 3.63) is 30.7 Å². The summed E-state index contributed by atoms with van der Waals surface area (Å²) in [7, 11) is 0. The number of H-pyrrole nitrogens is 1. The van der Waals surface area contributed by atoms with Crippen LogP contribution in [0.25, 0.3) is 11.3 Å². The number of nitrogens with zero attached hydrogens (tertiary/aromatic N) is 2. The van der Waals surface area contributed by atoms with Gasteiger partial charge in [0.15, 0.2) is 0 Å². The zero-order chi connectivity index (χ0) is 9.10. The van der Waals surface area contributed by atoms with E-state index in [0.29, 0.717) is 5.95 Å². The molecule has 0 unspecified atom stereocenters. The smallest absolute Gasteiger partial charge is 0.215 e. The highest BCUT2D eigenvalue weighted by atomic mass is 15.3. The Kier molecular flexibility index (Phi) is 1.93. The first-order valence-electron chi connectivity index (χ1n) is 3.82. The van der Waals surface area contributed by atoms with Gasteiger partial charge in [-0.3, -0.25) is 10.4 Å². The third-order valence-corrected chi connectivity index (χ3v) is 1.69. The zero-order valence-electron chi connectivity index (χ0n) is 6.86. The quantitative estimate of drug-likeness (QED) is 0.465. The van der Waals surface area contributed by atoms with Gasteiger partial charge in [-0.2, -0.15) is 0 Å². The molecule has 66 valence electrons. The molecule has 0 aromatic carbocycles. The number of rotatable bonds is 2. The second-order valence-corrected chi connectivity index (χ2v) is 2.53. The van der Waals surface area contributed by atoms with E-state index in [1.54, 1.807) is 18.6 Å². The van der Waals surface area contributed by atoms with Crippen LogP contribution in [0.2, 0.25) is 0 Å². The van der Waals surface area contributed by atoms with Crippen molar-refractivity contribution in [2.24, 2.45) is 5.84 Å². The summed E-state index contributed by atoms with van der Waals surface area (Å²) in [5.41, 5.74) is 4.30. The monoisotopic (exact) mass is 175 g/mol. The van der Waals surface area contributed by atoms with Crippen molar-refractivity contribution in [2.45, 2.75) is 0 Å². The predicted molar refractivity (Wildman–Crippen MR) is 49.6 cm³/mol. The molecule has 5 nitrogen and oxygen atoms in total. The van der Waals surface area contributed by atoms with Gasteiger partial charge in [0.2, 0.25) is 5.95 Å². The molecule has 5 heteroatoms. The minimum Gasteiger partial charge on any atom is -0.323 e. The van der Waals surface area contributed by atoms with Crippen LogP contribution >= 0.6 is 0 Å². The highest BCUT2D eigenvalue weighted by molar-refractivity contribution is 5.58. The number of imidazole rings is 1. The molecular formula is C8H9N5. The first kappa shape index (κ1) is 7.75. The minimum absolute atomic E-state index is 0.541. The molecule has 0 atom stereocenters. The van der Waals surface area contributed by atoms with Gasteiger partial charge in [0, 0.05) is 18.0 Å². The van der Waals surface area contributed by atoms with Gasteiger partial charge in [0.05, 0.1) is 11.9 Å². The van der Waals surface area contributed by atoms with E-state index >= 15 is 0 Å². The van der Waals surface area contributed by atoms with E-state index in [-0.39, 0.29) is 0 Å². The van der Waals surface area contributed by atoms with Crippen LogP contribution in [-0.4, -0.2) is 15.0 Å². The van der Waals surface area contributed by atoms with Gasteiger partial charge in [0.25, 0.3) is 0 Å². The molecule has 2 rings (SSSR count). The summed E-state index contributed by atoms with van der Waals surface area (Å²) in [4.78, 5) is 11.0. The largest absolute Gasteiger partial charge is 0.323 e. The average Bonchev–Trinajstić information content (AvgIpc) is 2.67. The SMILES string of the molecule is NNc1ncc(-c2cccnc2)[nH]1. The fourth-order valence-electron chi connectivity index (χ4n) is 1.06. The van der Waals surface area contributed by atoms with Crippen LogP contribution in [-0.2, 0) is 0 Å². The molecule has 0 radical (unpaired) electrons. The summed E-state index contributed by atoms with van der Waals surface area (Å²) in [5.74, 6) is 5.72. The van der Waals surface area contributed by atoms with Gasteiger partial charge in [0.1, 0.15) is 0 Å². The second-order valence-electron chi connectivity index (χ2n) is 2.53. The number of nitrogens with one attached hydrogen (secondary N) is 2. The fraction of sp³-hybridized carbons (Fsp3) is 0. The normalized spacial score (nSPS) is 9.92. The molecule has 0 aliphatic carbocycles. The van der Waals surface area contributed by atoms with Crippen molar-refractivity contribution >= 4 is 5.95 Å². The Balaban J connectivity index is 2.36. The van der Waals surface area contributed by atoms with E-state index in [0.717, 1.165) is 11.3 Å². The topological polar surface area (TPSA) is 79.6 Å². The number of nitrogens with two attached hydrogens (primary N) is 1. The summed E-state index contributed by atoms with van der Waals surface area (Å²) in [6, 6.07) is 3.81. The van der Waals surface area contributed by atoms with Gasteiger partial charge in [-0.15, -0.1) is 0 Å². The number of hydrazine groups is 1. The van der Waals surface area contributed by atoms with Gasteiger partial charge < -0.3 is 4.98 Å². The average molecular weight is 175 g/mol. The third kappa shape index (κ3) is 1.50. The first-order chi connectivity index (χ1) is 6.40. The van der Waals surface area contributed by atoms with Crippen LogP contribution in [0.1, 0.15) is 0 Å². The summed E-state index contributed by atoms with van der Waals surface area (Å²) in [6.07, 6.45) is 5.18. The maximum atomic E-state index is 5.18. The number of pyridine rings is 1. The van der Waals surface area contributed by atoms with Gasteiger partial charge in [-0.05, 0) is 12.1 Å². The molecule has 0 aliphatic heterocycles. The Morgan fingerprint density at radius 2 is 2.31 bits per heavy atom. The van der Waals surface area contributed by atoms with Gasteiger partial charge in [-0.1, -0.05) is 0 Å². The Labute approximate surface area is 75.0 Å². The summed E-state index contributed by atoms with van der Waals surface area (Å²) < 4.78 is 0. The molecule has 0 spiro atoms. The molecule has 0 saturated carbocycles. The van der Waals surface area contributed by atoms with E-state index in [2.05, 4.69) is 20.4 Å². The lowest BCUT2D eigenvalue weighted by molar-refractivity contribution is 1.20. The van der Waals surface area contributed by atoms with E-state index in [4.69, 9.17) is 5.84 Å². The summed E-state index contributed by atoms with van der Waals surface area (Å²) in [6.45, 7) is 0. The van der Waals surface area contributed by atoms with Crippen molar-refractivity contribution in [1.29, 1.82) is 0 Å². The maximum absolute atomic E-state index is 5.18. The van der Waals surface area contributed by atoms with Crippen LogP contribution in [0.5, 0.6) is 0 Å². The number of nitrogen functional groups attached to an aromatic ring is 1. The molecule has 0 aliphatic rings. The summed E-state index contributed by atoms with van der Waals surface area (Å²) >= 11 is 0. The van der Waals surface area contributed by atoms with Crippen molar-refractivity contribution < 1.29 is 0 Å². The van der Waals surface area contributed by atoms with Gasteiger partial charge in [-0.25, -0.2) is 10.8 Å². The molecule has 0 amide bonds. The fourth-order valence-corrected chi connectivity index (χ4v) is 1.06. The van der Waals surface area contributed by atoms with Crippen molar-refractivity contribution in [2.75, 3.05) is 5.43 Å². The molecule has 4 N–H and O–H groups in total. The molecule has 2 aromatic rings. The molecule has 13 heavy (non-hydrogen) atoms. The van der Waals surface area contributed by atoms with Gasteiger partial charge >= 0.3 is 0 Å². The lowest BCUT2D eigenvalue weighted by Crippen LogP contribution is -2.07. The van der Waals surface area contributed by atoms with Crippen LogP contribution in [0.15, 0.2) is 30.7 Å². The first-order valence-corrected chi connectivity index (χ1v) is 3.82. The number of hydrogen-bond donors (Lipinski definition) is 3. The predicted octanol–water partition coefficient (Wildman–Crippen LogP) is 0.757. The van der Waals surface area contributed by atoms with E-state index in [9.17, 15) is 0 Å². The van der Waals surface area contributed by atoms with E-state index in [1.165, 1.54) is 0 Å². The maximum Gasteiger partial charge on any atom is 0.215 e. The lowest BCUT2D eigenvalue weighted by Gasteiger charge is -1.94. The van der Waals surface area contributed by atoms with E-state index < -0.39 is 0 Å². The second kappa shape index (κ2) is 3.24. The minimum atomic E-state index is 0.541. The summed E-state index contributed by atoms with van der Waals surface area (Å²) in [5, 5.41) is 0. The third-order valence-electron chi connectivity index (χ3n) is 1.69. The van der Waals surface area contributed by atoms with Crippen LogP contribution in [0.3, 0.4) is 0 Å². The van der Waals surface area contributed by atoms with Crippen LogP contribution in [0, 0.1) is 0 Å². The molecule has 2 heterocycles. The number of aromatic amines is 1. The Morgan fingerprint density at radius 1 is 1.38 bits per heavy atom. The zero-order valence-corrected chi connectivity index (χ0v) is 6.86. The molecule has 0 fully saturated rings. The number of anilines is 1. The van der Waals surface area contributed by atoms with Crippen molar-refractivity contribution in [3.8, 4) is 11.3 Å². The number of aromatic nitrogens is 3. The standard InChI is InChI=1S/C8H9N5/c9-13-8-11-5-7(12-8)6-2-1-3-10-4-6/h1-5H,9H2,(H2,11,12,13). The van der Waals surface area contributed by atoms with Crippen molar-refractivity contribution in [1.82, 2.24) is 15.0 Å². The highest BCUT2D eigenvalue weighted by Crippen LogP contribution is 2.15. The lowest BCUT2D eigenvalue weighted by atomic mass is 10.2. The Morgan fingerprint density at radius 3 is 2.92 bits per heavy atom. The van der Waals surface area contributed by atoms with Crippen molar-refractivity contribution in [3.63, 3.8) is 0 Å².